The zero-order valence-corrected chi connectivity index (χ0v) is 23.3. The molecule has 18 heteroatoms. The highest BCUT2D eigenvalue weighted by atomic mass is 35.7. The van der Waals surface area contributed by atoms with Gasteiger partial charge in [-0.1, -0.05) is 12.1 Å². The van der Waals surface area contributed by atoms with Crippen molar-refractivity contribution in [2.45, 2.75) is 17.9 Å². The van der Waals surface area contributed by atoms with Crippen LogP contribution >= 0.6 is 10.7 Å². The van der Waals surface area contributed by atoms with E-state index >= 15 is 0 Å². The summed E-state index contributed by atoms with van der Waals surface area (Å²) in [5.41, 5.74) is -0.933. The summed E-state index contributed by atoms with van der Waals surface area (Å²) >= 11 is 0. The summed E-state index contributed by atoms with van der Waals surface area (Å²) in [4.78, 5) is 22.6. The Labute approximate surface area is 223 Å². The van der Waals surface area contributed by atoms with Gasteiger partial charge in [-0.25, -0.2) is 16.8 Å². The Kier molecular flexibility index (Phi) is 10.6. The van der Waals surface area contributed by atoms with Crippen molar-refractivity contribution < 1.29 is 38.8 Å². The summed E-state index contributed by atoms with van der Waals surface area (Å²) in [5, 5.41) is 12.0. The third kappa shape index (κ3) is 9.48. The predicted molar refractivity (Wildman–Crippen MR) is 138 cm³/mol. The molecule has 1 aromatic carbocycles. The average molecular weight is 614 g/mol. The van der Waals surface area contributed by atoms with Gasteiger partial charge >= 0.3 is 0 Å². The number of pyridine rings is 1. The minimum Gasteiger partial charge on any atom is -0.459 e. The molecule has 210 valence electrons. The SMILES string of the molecule is CS(=O)(=O)Cl.CS(=O)(=O)OCCCN(CCn1ccc2ccoc2c1=O)S(=O)(=O)c1ccccc1[N+](=O)[O-]. The number of furan rings is 1. The molecule has 2 heterocycles. The fourth-order valence-electron chi connectivity index (χ4n) is 3.16. The third-order valence-corrected chi connectivity index (χ3v) is 7.25. The zero-order valence-electron chi connectivity index (χ0n) is 20.1. The Morgan fingerprint density at radius 3 is 2.29 bits per heavy atom. The van der Waals surface area contributed by atoms with Crippen LogP contribution in [0.25, 0.3) is 11.0 Å². The molecule has 0 bridgehead atoms. The van der Waals surface area contributed by atoms with E-state index in [0.29, 0.717) is 5.39 Å². The third-order valence-electron chi connectivity index (χ3n) is 4.70. The molecule has 3 aromatic rings. The van der Waals surface area contributed by atoms with E-state index in [2.05, 4.69) is 14.9 Å². The molecule has 0 unspecified atom stereocenters. The van der Waals surface area contributed by atoms with Crippen molar-refractivity contribution >= 4 is 56.5 Å². The molecule has 0 aliphatic heterocycles. The summed E-state index contributed by atoms with van der Waals surface area (Å²) < 4.78 is 79.8. The van der Waals surface area contributed by atoms with Crippen LogP contribution in [0.4, 0.5) is 5.69 Å². The van der Waals surface area contributed by atoms with E-state index < -0.39 is 50.3 Å². The van der Waals surface area contributed by atoms with Crippen molar-refractivity contribution in [3.05, 3.63) is 69.3 Å². The van der Waals surface area contributed by atoms with Crippen molar-refractivity contribution in [1.29, 1.82) is 0 Å². The molecule has 0 radical (unpaired) electrons. The normalized spacial score (nSPS) is 12.3. The maximum Gasteiger partial charge on any atom is 0.294 e. The van der Waals surface area contributed by atoms with E-state index in [1.165, 1.54) is 29.2 Å². The second-order valence-electron chi connectivity index (χ2n) is 7.71. The fraction of sp³-hybridized carbons (Fsp3) is 0.350. The number of fused-ring (bicyclic) bond motifs is 1. The van der Waals surface area contributed by atoms with Crippen molar-refractivity contribution in [2.75, 3.05) is 32.2 Å². The molecule has 38 heavy (non-hydrogen) atoms. The monoisotopic (exact) mass is 613 g/mol. The number of aromatic nitrogens is 1. The van der Waals surface area contributed by atoms with Crippen LogP contribution in [0.15, 0.2) is 63.0 Å². The number of para-hydroxylation sites is 1. The van der Waals surface area contributed by atoms with Gasteiger partial charge in [0.2, 0.25) is 19.1 Å². The minimum absolute atomic E-state index is 0.000944. The van der Waals surface area contributed by atoms with Gasteiger partial charge in [0.1, 0.15) is 0 Å². The van der Waals surface area contributed by atoms with Crippen LogP contribution in [-0.4, -0.2) is 71.3 Å². The molecule has 0 atom stereocenters. The van der Waals surface area contributed by atoms with Gasteiger partial charge in [-0.05, 0) is 24.6 Å². The fourth-order valence-corrected chi connectivity index (χ4v) is 5.20. The van der Waals surface area contributed by atoms with Crippen LogP contribution in [0, 0.1) is 10.1 Å². The number of rotatable bonds is 11. The molecule has 3 rings (SSSR count). The number of nitrogens with zero attached hydrogens (tertiary/aromatic N) is 3. The van der Waals surface area contributed by atoms with Gasteiger partial charge in [-0.3, -0.25) is 19.1 Å². The molecule has 0 fully saturated rings. The van der Waals surface area contributed by atoms with E-state index in [9.17, 15) is 40.2 Å². The number of halogens is 1. The topological polar surface area (TPSA) is 193 Å². The van der Waals surface area contributed by atoms with Crippen molar-refractivity contribution in [1.82, 2.24) is 8.87 Å². The lowest BCUT2D eigenvalue weighted by Crippen LogP contribution is -2.37. The molecule has 0 spiro atoms. The van der Waals surface area contributed by atoms with Gasteiger partial charge in [0, 0.05) is 48.0 Å². The van der Waals surface area contributed by atoms with Crippen LogP contribution in [0.5, 0.6) is 0 Å². The van der Waals surface area contributed by atoms with Gasteiger partial charge in [0.15, 0.2) is 10.5 Å². The number of nitro benzene ring substituents is 1. The molecule has 14 nitrogen and oxygen atoms in total. The van der Waals surface area contributed by atoms with E-state index in [1.807, 2.05) is 0 Å². The summed E-state index contributed by atoms with van der Waals surface area (Å²) in [6.45, 7) is -0.747. The molecule has 0 amide bonds. The molecule has 0 saturated carbocycles. The molecule has 0 saturated heterocycles. The lowest BCUT2D eigenvalue weighted by atomic mass is 10.3. The highest BCUT2D eigenvalue weighted by molar-refractivity contribution is 8.13. The van der Waals surface area contributed by atoms with Gasteiger partial charge in [-0.15, -0.1) is 0 Å². The molecule has 0 N–H and O–H groups in total. The predicted octanol–water partition coefficient (Wildman–Crippen LogP) is 1.74. The second-order valence-corrected chi connectivity index (χ2v) is 14.3. The molecule has 0 aliphatic rings. The summed E-state index contributed by atoms with van der Waals surface area (Å²) in [7, 11) is -6.77. The number of hydrogen-bond acceptors (Lipinski definition) is 11. The second kappa shape index (κ2) is 12.8. The first-order valence-electron chi connectivity index (χ1n) is 10.5. The van der Waals surface area contributed by atoms with Crippen molar-refractivity contribution in [3.63, 3.8) is 0 Å². The lowest BCUT2D eigenvalue weighted by molar-refractivity contribution is -0.387. The Balaban J connectivity index is 0.000000926. The standard InChI is InChI=1S/C19H21N3O9S2.CH3ClO2S/c1-32(26,27)31-13-4-9-21(33(28,29)17-6-3-2-5-16(17)22(24)25)12-11-20-10-7-15-8-14-30-18(15)19(20)23;1-5(2,3)4/h2-3,5-8,10,14H,4,9,11-13H2,1H3;1H3. The minimum atomic E-state index is -4.36. The van der Waals surface area contributed by atoms with E-state index in [1.54, 1.807) is 12.1 Å². The number of nitro groups is 1. The molecule has 0 aliphatic carbocycles. The Hall–Kier alpha value is -2.83. The van der Waals surface area contributed by atoms with E-state index in [4.69, 9.17) is 4.42 Å². The lowest BCUT2D eigenvalue weighted by Gasteiger charge is -2.22. The number of sulfonamides is 1. The van der Waals surface area contributed by atoms with Gasteiger partial charge in [-0.2, -0.15) is 12.7 Å². The summed E-state index contributed by atoms with van der Waals surface area (Å²) in [6.07, 6.45) is 4.64. The highest BCUT2D eigenvalue weighted by Gasteiger charge is 2.31. The van der Waals surface area contributed by atoms with Gasteiger partial charge < -0.3 is 8.98 Å². The highest BCUT2D eigenvalue weighted by Crippen LogP contribution is 2.26. The van der Waals surface area contributed by atoms with Gasteiger partial charge in [0.25, 0.3) is 21.4 Å². The summed E-state index contributed by atoms with van der Waals surface area (Å²) in [6, 6.07) is 8.16. The van der Waals surface area contributed by atoms with Crippen LogP contribution in [-0.2, 0) is 39.9 Å². The molecular formula is C20H24ClN3O11S3. The summed E-state index contributed by atoms with van der Waals surface area (Å²) in [5.74, 6) is 0. The maximum atomic E-state index is 13.3. The quantitative estimate of drug-likeness (QED) is 0.100. The van der Waals surface area contributed by atoms with E-state index in [-0.39, 0.29) is 38.2 Å². The zero-order chi connectivity index (χ0) is 28.7. The first kappa shape index (κ1) is 31.4. The first-order valence-corrected chi connectivity index (χ1v) is 16.5. The smallest absolute Gasteiger partial charge is 0.294 e. The molecule has 2 aromatic heterocycles. The van der Waals surface area contributed by atoms with Crippen LogP contribution in [0.1, 0.15) is 6.42 Å². The number of benzene rings is 1. The van der Waals surface area contributed by atoms with Crippen molar-refractivity contribution in [2.24, 2.45) is 0 Å². The van der Waals surface area contributed by atoms with Crippen molar-refractivity contribution in [3.8, 4) is 0 Å². The van der Waals surface area contributed by atoms with Crippen LogP contribution in [0.2, 0.25) is 0 Å². The largest absolute Gasteiger partial charge is 0.459 e. The molecular weight excluding hydrogens is 590 g/mol. The van der Waals surface area contributed by atoms with E-state index in [0.717, 1.165) is 28.9 Å². The Morgan fingerprint density at radius 2 is 1.68 bits per heavy atom. The Bertz CT molecular complexity index is 1660. The van der Waals surface area contributed by atoms with Gasteiger partial charge in [0.05, 0.1) is 30.3 Å². The van der Waals surface area contributed by atoms with Crippen LogP contribution in [0.3, 0.4) is 0 Å². The number of hydrogen-bond donors (Lipinski definition) is 0. The average Bonchev–Trinajstić information content (AvgIpc) is 3.27. The first-order chi connectivity index (χ1) is 17.5. The Morgan fingerprint density at radius 1 is 1.05 bits per heavy atom. The van der Waals surface area contributed by atoms with Crippen LogP contribution < -0.4 is 5.56 Å². The maximum absolute atomic E-state index is 13.3.